The predicted molar refractivity (Wildman–Crippen MR) is 65.3 cm³/mol. The van der Waals surface area contributed by atoms with E-state index in [-0.39, 0.29) is 0 Å². The van der Waals surface area contributed by atoms with Crippen molar-refractivity contribution in [2.75, 3.05) is 6.61 Å². The Morgan fingerprint density at radius 3 is 2.75 bits per heavy atom. The highest BCUT2D eigenvalue weighted by molar-refractivity contribution is 8.00. The predicted octanol–water partition coefficient (Wildman–Crippen LogP) is 2.96. The number of carbonyl (C=O) groups is 1. The Morgan fingerprint density at radius 1 is 1.56 bits per heavy atom. The molecule has 1 atom stereocenters. The Morgan fingerprint density at radius 2 is 2.25 bits per heavy atom. The van der Waals surface area contributed by atoms with E-state index in [0.29, 0.717) is 6.61 Å². The smallest absolute Gasteiger partial charge is 0.316 e. The molecule has 1 aromatic rings. The topological polar surface area (TPSA) is 46.5 Å². The molecule has 1 unspecified atom stereocenters. The van der Waals surface area contributed by atoms with Gasteiger partial charge in [0.25, 0.3) is 0 Å². The van der Waals surface area contributed by atoms with Crippen molar-refractivity contribution in [1.82, 2.24) is 0 Å². The van der Waals surface area contributed by atoms with Gasteiger partial charge in [0.05, 0.1) is 6.61 Å². The molecule has 0 aliphatic carbocycles. The second-order valence-corrected chi connectivity index (χ2v) is 4.87. The van der Waals surface area contributed by atoms with Gasteiger partial charge in [-0.15, -0.1) is 11.8 Å². The number of aryl methyl sites for hydroxylation is 1. The maximum atomic E-state index is 10.7. The van der Waals surface area contributed by atoms with E-state index in [1.807, 2.05) is 32.0 Å². The van der Waals surface area contributed by atoms with Crippen LogP contribution in [0.3, 0.4) is 0 Å². The maximum Gasteiger partial charge on any atom is 0.316 e. The first-order valence-corrected chi connectivity index (χ1v) is 6.05. The number of benzene rings is 1. The highest BCUT2D eigenvalue weighted by Gasteiger charge is 2.12. The van der Waals surface area contributed by atoms with Crippen LogP contribution in [-0.2, 0) is 4.79 Å². The Hall–Kier alpha value is -1.16. The van der Waals surface area contributed by atoms with E-state index in [4.69, 9.17) is 9.84 Å². The number of rotatable bonds is 5. The van der Waals surface area contributed by atoms with Crippen molar-refractivity contribution in [3.8, 4) is 5.75 Å². The molecule has 1 N–H and O–H groups in total. The molecule has 4 heteroatoms. The lowest BCUT2D eigenvalue weighted by Crippen LogP contribution is -2.11. The first-order valence-electron chi connectivity index (χ1n) is 5.17. The van der Waals surface area contributed by atoms with E-state index in [1.165, 1.54) is 11.8 Å². The summed E-state index contributed by atoms with van der Waals surface area (Å²) < 4.78 is 5.42. The van der Waals surface area contributed by atoms with E-state index < -0.39 is 11.2 Å². The van der Waals surface area contributed by atoms with Gasteiger partial charge in [0.1, 0.15) is 11.0 Å². The zero-order chi connectivity index (χ0) is 12.1. The van der Waals surface area contributed by atoms with Crippen molar-refractivity contribution < 1.29 is 14.6 Å². The van der Waals surface area contributed by atoms with E-state index in [1.54, 1.807) is 6.92 Å². The number of hydrogen-bond acceptors (Lipinski definition) is 3. The highest BCUT2D eigenvalue weighted by atomic mass is 32.2. The minimum atomic E-state index is -0.795. The zero-order valence-electron chi connectivity index (χ0n) is 9.69. The lowest BCUT2D eigenvalue weighted by molar-refractivity contribution is -0.136. The zero-order valence-corrected chi connectivity index (χ0v) is 10.5. The monoisotopic (exact) mass is 240 g/mol. The molecule has 0 bridgehead atoms. The molecule has 0 aliphatic rings. The van der Waals surface area contributed by atoms with Gasteiger partial charge in [0, 0.05) is 4.90 Å². The van der Waals surface area contributed by atoms with E-state index in [2.05, 4.69) is 0 Å². The van der Waals surface area contributed by atoms with Crippen molar-refractivity contribution in [3.63, 3.8) is 0 Å². The fourth-order valence-electron chi connectivity index (χ4n) is 1.27. The minimum Gasteiger partial charge on any atom is -0.494 e. The normalized spacial score (nSPS) is 12.2. The number of ether oxygens (including phenoxy) is 1. The summed E-state index contributed by atoms with van der Waals surface area (Å²) >= 11 is 1.34. The van der Waals surface area contributed by atoms with E-state index in [9.17, 15) is 4.79 Å². The molecular formula is C12H16O3S. The molecule has 3 nitrogen and oxygen atoms in total. The summed E-state index contributed by atoms with van der Waals surface area (Å²) in [6, 6.07) is 5.73. The second kappa shape index (κ2) is 5.80. The van der Waals surface area contributed by atoms with Crippen LogP contribution in [0.4, 0.5) is 0 Å². The third-order valence-corrected chi connectivity index (χ3v) is 3.19. The van der Waals surface area contributed by atoms with Crippen LogP contribution >= 0.6 is 11.8 Å². The third kappa shape index (κ3) is 3.45. The second-order valence-electron chi connectivity index (χ2n) is 3.46. The van der Waals surface area contributed by atoms with Crippen LogP contribution < -0.4 is 4.74 Å². The van der Waals surface area contributed by atoms with Gasteiger partial charge < -0.3 is 9.84 Å². The lowest BCUT2D eigenvalue weighted by Gasteiger charge is -2.10. The quantitative estimate of drug-likeness (QED) is 0.804. The minimum absolute atomic E-state index is 0.433. The number of carboxylic acids is 1. The van der Waals surface area contributed by atoms with Crippen LogP contribution in [0.2, 0.25) is 0 Å². The van der Waals surface area contributed by atoms with Gasteiger partial charge in [-0.05, 0) is 44.5 Å². The molecule has 88 valence electrons. The number of carboxylic acid groups (broad SMARTS) is 1. The molecule has 0 amide bonds. The molecule has 0 radical (unpaired) electrons. The Balaban J connectivity index is 2.77. The van der Waals surface area contributed by atoms with Crippen LogP contribution in [0.15, 0.2) is 23.1 Å². The van der Waals surface area contributed by atoms with Gasteiger partial charge in [-0.2, -0.15) is 0 Å². The average Bonchev–Trinajstić information content (AvgIpc) is 2.22. The van der Waals surface area contributed by atoms with Gasteiger partial charge in [-0.25, -0.2) is 0 Å². The van der Waals surface area contributed by atoms with Gasteiger partial charge in [0.2, 0.25) is 0 Å². The molecule has 16 heavy (non-hydrogen) atoms. The summed E-state index contributed by atoms with van der Waals surface area (Å²) in [5, 5.41) is 8.37. The van der Waals surface area contributed by atoms with Gasteiger partial charge in [0.15, 0.2) is 0 Å². The molecule has 0 spiro atoms. The Labute approximate surface area is 99.8 Å². The standard InChI is InChI=1S/C12H16O3S/c1-4-15-11-6-5-10(7-8(11)2)16-9(3)12(13)14/h5-7,9H,4H2,1-3H3,(H,13,14). The molecular weight excluding hydrogens is 224 g/mol. The summed E-state index contributed by atoms with van der Waals surface area (Å²) in [4.78, 5) is 11.7. The van der Waals surface area contributed by atoms with Crippen LogP contribution in [0.5, 0.6) is 5.75 Å². The molecule has 0 saturated carbocycles. The SMILES string of the molecule is CCOc1ccc(SC(C)C(=O)O)cc1C. The molecule has 0 heterocycles. The van der Waals surface area contributed by atoms with Gasteiger partial charge in [-0.3, -0.25) is 4.79 Å². The summed E-state index contributed by atoms with van der Waals surface area (Å²) in [7, 11) is 0. The number of aliphatic carboxylic acids is 1. The van der Waals surface area contributed by atoms with Crippen molar-refractivity contribution in [3.05, 3.63) is 23.8 Å². The Kier molecular flexibility index (Phi) is 4.68. The summed E-state index contributed by atoms with van der Waals surface area (Å²) in [6.07, 6.45) is 0. The summed E-state index contributed by atoms with van der Waals surface area (Å²) in [5.41, 5.74) is 1.03. The summed E-state index contributed by atoms with van der Waals surface area (Å²) in [6.45, 7) is 6.22. The van der Waals surface area contributed by atoms with Gasteiger partial charge >= 0.3 is 5.97 Å². The van der Waals surface area contributed by atoms with Crippen molar-refractivity contribution >= 4 is 17.7 Å². The van der Waals surface area contributed by atoms with E-state index in [0.717, 1.165) is 16.2 Å². The molecule has 0 saturated heterocycles. The van der Waals surface area contributed by atoms with Crippen LogP contribution in [0.1, 0.15) is 19.4 Å². The average molecular weight is 240 g/mol. The lowest BCUT2D eigenvalue weighted by atomic mass is 10.2. The fourth-order valence-corrected chi connectivity index (χ4v) is 2.17. The molecule has 1 aromatic carbocycles. The first kappa shape index (κ1) is 12.9. The largest absolute Gasteiger partial charge is 0.494 e. The van der Waals surface area contributed by atoms with Crippen LogP contribution in [0.25, 0.3) is 0 Å². The summed E-state index contributed by atoms with van der Waals surface area (Å²) in [5.74, 6) is 0.0614. The van der Waals surface area contributed by atoms with Crippen LogP contribution in [0, 0.1) is 6.92 Å². The number of thioether (sulfide) groups is 1. The number of hydrogen-bond donors (Lipinski definition) is 1. The van der Waals surface area contributed by atoms with Gasteiger partial charge in [-0.1, -0.05) is 0 Å². The van der Waals surface area contributed by atoms with Crippen molar-refractivity contribution in [1.29, 1.82) is 0 Å². The highest BCUT2D eigenvalue weighted by Crippen LogP contribution is 2.28. The van der Waals surface area contributed by atoms with Crippen molar-refractivity contribution in [2.24, 2.45) is 0 Å². The molecule has 0 fully saturated rings. The Bertz CT molecular complexity index is 377. The van der Waals surface area contributed by atoms with E-state index >= 15 is 0 Å². The maximum absolute atomic E-state index is 10.7. The van der Waals surface area contributed by atoms with Crippen LogP contribution in [-0.4, -0.2) is 22.9 Å². The molecule has 0 aliphatic heterocycles. The first-order chi connectivity index (χ1) is 7.54. The van der Waals surface area contributed by atoms with Crippen molar-refractivity contribution in [2.45, 2.75) is 30.9 Å². The molecule has 0 aromatic heterocycles. The third-order valence-electron chi connectivity index (χ3n) is 2.11. The molecule has 1 rings (SSSR count). The fraction of sp³-hybridized carbons (Fsp3) is 0.417.